The Labute approximate surface area is 217 Å². The first kappa shape index (κ1) is 27.7. The maximum absolute atomic E-state index is 12.8. The normalized spacial score (nSPS) is 12.6. The first-order valence-corrected chi connectivity index (χ1v) is 12.4. The number of carbonyl (C=O) groups excluding carboxylic acids is 3. The van der Waals surface area contributed by atoms with Crippen molar-refractivity contribution in [2.45, 2.75) is 31.2 Å². The van der Waals surface area contributed by atoms with Crippen molar-refractivity contribution in [2.24, 2.45) is 0 Å². The van der Waals surface area contributed by atoms with Crippen LogP contribution < -0.4 is 16.0 Å². The molecule has 2 aromatic carbocycles. The van der Waals surface area contributed by atoms with Gasteiger partial charge in [0.1, 0.15) is 12.6 Å². The molecule has 0 aromatic heterocycles. The minimum Gasteiger partial charge on any atom is -0.502 e. The number of benzene rings is 2. The van der Waals surface area contributed by atoms with E-state index in [2.05, 4.69) is 34.7 Å². The Morgan fingerprint density at radius 2 is 1.57 bits per heavy atom. The average Bonchev–Trinajstić information content (AvgIpc) is 3.23. The Morgan fingerprint density at radius 1 is 0.946 bits per heavy atom. The molecule has 1 aliphatic carbocycles. The fourth-order valence-electron chi connectivity index (χ4n) is 4.27. The number of hydrogen-bond acceptors (Lipinski definition) is 6. The van der Waals surface area contributed by atoms with Gasteiger partial charge in [-0.2, -0.15) is 0 Å². The lowest BCUT2D eigenvalue weighted by Gasteiger charge is -2.19. The van der Waals surface area contributed by atoms with Crippen molar-refractivity contribution in [3.63, 3.8) is 0 Å². The summed E-state index contributed by atoms with van der Waals surface area (Å²) in [5.41, 5.74) is 4.41. The van der Waals surface area contributed by atoms with Crippen LogP contribution in [-0.2, 0) is 23.8 Å². The molecular weight excluding hydrogens is 474 g/mol. The number of fused-ring (bicyclic) bond motifs is 3. The van der Waals surface area contributed by atoms with E-state index in [-0.39, 0.29) is 24.9 Å². The zero-order chi connectivity index (χ0) is 26.5. The Morgan fingerprint density at radius 3 is 2.22 bits per heavy atom. The Balaban J connectivity index is 1.59. The monoisotopic (exact) mass is 509 g/mol. The zero-order valence-corrected chi connectivity index (χ0v) is 21.2. The molecule has 9 heteroatoms. The van der Waals surface area contributed by atoms with E-state index in [1.807, 2.05) is 36.4 Å². The summed E-state index contributed by atoms with van der Waals surface area (Å²) in [6.45, 7) is 5.22. The largest absolute Gasteiger partial charge is 0.502 e. The molecule has 198 valence electrons. The van der Waals surface area contributed by atoms with Crippen molar-refractivity contribution in [1.29, 1.82) is 0 Å². The topological polar surface area (TPSA) is 115 Å². The number of rotatable bonds is 15. The molecule has 0 aliphatic heterocycles. The summed E-state index contributed by atoms with van der Waals surface area (Å²) in [5.74, 6) is -0.941. The number of nitrogens with one attached hydrogen (secondary N) is 3. The summed E-state index contributed by atoms with van der Waals surface area (Å²) < 4.78 is 15.6. The van der Waals surface area contributed by atoms with Crippen molar-refractivity contribution in [2.75, 3.05) is 40.0 Å². The van der Waals surface area contributed by atoms with E-state index in [9.17, 15) is 14.4 Å². The van der Waals surface area contributed by atoms with Crippen LogP contribution in [0.5, 0.6) is 0 Å². The first-order valence-electron chi connectivity index (χ1n) is 12.4. The molecule has 37 heavy (non-hydrogen) atoms. The molecule has 0 saturated carbocycles. The standard InChI is InChI=1S/C28H35N3O6/c1-3-36-17-9-15-30-27(33)25(18-26(32)29-14-8-16-35-2)31-28(34)37-19-24-22-12-6-4-10-20(22)21-11-5-7-13-23(21)24/h3-7,10-13,24-25H,1,8-9,14-19H2,2H3,(H,29,32)(H,30,33)(H,31,34). The maximum Gasteiger partial charge on any atom is 0.407 e. The lowest BCUT2D eigenvalue weighted by atomic mass is 9.98. The van der Waals surface area contributed by atoms with Crippen LogP contribution in [-0.4, -0.2) is 64.0 Å². The lowest BCUT2D eigenvalue weighted by Crippen LogP contribution is -2.49. The molecule has 0 spiro atoms. The molecule has 9 nitrogen and oxygen atoms in total. The number of carbonyl (C=O) groups is 3. The van der Waals surface area contributed by atoms with Gasteiger partial charge in [0.25, 0.3) is 0 Å². The van der Waals surface area contributed by atoms with Crippen molar-refractivity contribution >= 4 is 17.9 Å². The summed E-state index contributed by atoms with van der Waals surface area (Å²) in [7, 11) is 1.58. The van der Waals surface area contributed by atoms with Gasteiger partial charge in [0, 0.05) is 32.7 Å². The average molecular weight is 510 g/mol. The van der Waals surface area contributed by atoms with Gasteiger partial charge in [-0.15, -0.1) is 0 Å². The van der Waals surface area contributed by atoms with E-state index in [0.717, 1.165) is 22.3 Å². The van der Waals surface area contributed by atoms with E-state index in [0.29, 0.717) is 39.1 Å². The molecule has 0 radical (unpaired) electrons. The molecule has 0 fully saturated rings. The third-order valence-corrected chi connectivity index (χ3v) is 6.05. The van der Waals surface area contributed by atoms with Gasteiger partial charge < -0.3 is 30.2 Å². The lowest BCUT2D eigenvalue weighted by molar-refractivity contribution is -0.128. The van der Waals surface area contributed by atoms with Gasteiger partial charge in [0.05, 0.1) is 19.3 Å². The van der Waals surface area contributed by atoms with Gasteiger partial charge in [-0.1, -0.05) is 55.1 Å². The van der Waals surface area contributed by atoms with Crippen LogP contribution in [0.3, 0.4) is 0 Å². The fourth-order valence-corrected chi connectivity index (χ4v) is 4.27. The molecule has 1 unspecified atom stereocenters. The minimum absolute atomic E-state index is 0.107. The second kappa shape index (κ2) is 14.6. The van der Waals surface area contributed by atoms with E-state index >= 15 is 0 Å². The highest BCUT2D eigenvalue weighted by molar-refractivity contribution is 5.91. The Kier molecular flexibility index (Phi) is 11.0. The highest BCUT2D eigenvalue weighted by Crippen LogP contribution is 2.44. The van der Waals surface area contributed by atoms with Crippen molar-refractivity contribution in [1.82, 2.24) is 16.0 Å². The molecule has 3 N–H and O–H groups in total. The number of amides is 3. The molecule has 1 aliphatic rings. The van der Waals surface area contributed by atoms with E-state index < -0.39 is 18.0 Å². The SMILES string of the molecule is C=COCCCNC(=O)C(CC(=O)NCCCOC)NC(=O)OCC1c2ccccc2-c2ccccc21. The summed E-state index contributed by atoms with van der Waals surface area (Å²) in [6, 6.07) is 15.0. The van der Waals surface area contributed by atoms with Gasteiger partial charge in [0.2, 0.25) is 11.8 Å². The molecule has 2 aromatic rings. The molecule has 0 bridgehead atoms. The van der Waals surface area contributed by atoms with Gasteiger partial charge in [-0.3, -0.25) is 9.59 Å². The fraction of sp³-hybridized carbons (Fsp3) is 0.393. The van der Waals surface area contributed by atoms with Crippen LogP contribution in [0.15, 0.2) is 61.4 Å². The number of hydrogen-bond donors (Lipinski definition) is 3. The van der Waals surface area contributed by atoms with E-state index in [1.165, 1.54) is 6.26 Å². The smallest absolute Gasteiger partial charge is 0.407 e. The van der Waals surface area contributed by atoms with Crippen LogP contribution in [0.2, 0.25) is 0 Å². The number of alkyl carbamates (subject to hydrolysis) is 1. The van der Waals surface area contributed by atoms with E-state index in [4.69, 9.17) is 14.2 Å². The van der Waals surface area contributed by atoms with Gasteiger partial charge in [0.15, 0.2) is 0 Å². The highest BCUT2D eigenvalue weighted by Gasteiger charge is 2.30. The third kappa shape index (κ3) is 8.08. The Bertz CT molecular complexity index is 1030. The molecule has 3 amide bonds. The number of methoxy groups -OCH3 is 1. The molecule has 0 saturated heterocycles. The van der Waals surface area contributed by atoms with Crippen LogP contribution in [0.1, 0.15) is 36.3 Å². The van der Waals surface area contributed by atoms with Crippen LogP contribution in [0.4, 0.5) is 4.79 Å². The predicted molar refractivity (Wildman–Crippen MR) is 140 cm³/mol. The first-order chi connectivity index (χ1) is 18.0. The van der Waals surface area contributed by atoms with Crippen LogP contribution in [0, 0.1) is 0 Å². The van der Waals surface area contributed by atoms with Gasteiger partial charge in [-0.05, 0) is 35.1 Å². The second-order valence-corrected chi connectivity index (χ2v) is 8.60. The maximum atomic E-state index is 12.8. The summed E-state index contributed by atoms with van der Waals surface area (Å²) in [4.78, 5) is 37.9. The van der Waals surface area contributed by atoms with Crippen LogP contribution in [0.25, 0.3) is 11.1 Å². The second-order valence-electron chi connectivity index (χ2n) is 8.60. The zero-order valence-electron chi connectivity index (χ0n) is 21.2. The van der Waals surface area contributed by atoms with Crippen molar-refractivity contribution < 1.29 is 28.6 Å². The molecule has 3 rings (SSSR count). The summed E-state index contributed by atoms with van der Waals surface area (Å²) in [5, 5.41) is 8.03. The third-order valence-electron chi connectivity index (χ3n) is 6.05. The van der Waals surface area contributed by atoms with Gasteiger partial charge in [-0.25, -0.2) is 4.79 Å². The minimum atomic E-state index is -1.08. The van der Waals surface area contributed by atoms with Crippen molar-refractivity contribution in [3.05, 3.63) is 72.5 Å². The highest BCUT2D eigenvalue weighted by atomic mass is 16.5. The predicted octanol–water partition coefficient (Wildman–Crippen LogP) is 3.10. The van der Waals surface area contributed by atoms with Crippen LogP contribution >= 0.6 is 0 Å². The van der Waals surface area contributed by atoms with Gasteiger partial charge >= 0.3 is 6.09 Å². The molecule has 0 heterocycles. The van der Waals surface area contributed by atoms with Crippen molar-refractivity contribution in [3.8, 4) is 11.1 Å². The number of ether oxygens (including phenoxy) is 3. The van der Waals surface area contributed by atoms with E-state index in [1.54, 1.807) is 7.11 Å². The summed E-state index contributed by atoms with van der Waals surface area (Å²) >= 11 is 0. The molecular formula is C28H35N3O6. The Hall–Kier alpha value is -3.85. The molecule has 1 atom stereocenters. The quantitative estimate of drug-likeness (QED) is 0.251. The summed E-state index contributed by atoms with van der Waals surface area (Å²) in [6.07, 6.45) is 1.55.